The molecule has 1 aromatic carbocycles. The molecule has 0 aliphatic carbocycles. The van der Waals surface area contributed by atoms with Gasteiger partial charge in [0.2, 0.25) is 0 Å². The summed E-state index contributed by atoms with van der Waals surface area (Å²) >= 11 is 0. The van der Waals surface area contributed by atoms with Crippen molar-refractivity contribution >= 4 is 6.03 Å². The molecule has 2 amide bonds. The summed E-state index contributed by atoms with van der Waals surface area (Å²) in [4.78, 5) is 10.4. The van der Waals surface area contributed by atoms with Crippen molar-refractivity contribution in [3.8, 4) is 6.07 Å². The summed E-state index contributed by atoms with van der Waals surface area (Å²) in [5.41, 5.74) is 6.41. The Labute approximate surface area is 76.0 Å². The minimum Gasteiger partial charge on any atom is -0.352 e. The monoisotopic (exact) mass is 175 g/mol. The molecule has 4 heteroatoms. The van der Waals surface area contributed by atoms with Crippen LogP contribution in [0, 0.1) is 11.3 Å². The maximum absolute atomic E-state index is 10.4. The van der Waals surface area contributed by atoms with Gasteiger partial charge in [0, 0.05) is 6.54 Å². The lowest BCUT2D eigenvalue weighted by molar-refractivity contribution is 0.248. The highest BCUT2D eigenvalue weighted by molar-refractivity contribution is 5.71. The van der Waals surface area contributed by atoms with E-state index < -0.39 is 6.03 Å². The molecule has 0 atom stereocenters. The van der Waals surface area contributed by atoms with Crippen LogP contribution < -0.4 is 11.1 Å². The zero-order valence-electron chi connectivity index (χ0n) is 6.95. The maximum atomic E-state index is 10.4. The summed E-state index contributed by atoms with van der Waals surface area (Å²) < 4.78 is 0. The standard InChI is InChI=1S/C9H9N3O/c10-5-7-1-3-8(4-2-7)6-12-9(11)13/h1-4H,6H2,(H3,11,12,13). The second-order valence-electron chi connectivity index (χ2n) is 2.53. The van der Waals surface area contributed by atoms with Gasteiger partial charge in [0.05, 0.1) is 11.6 Å². The number of carbonyl (C=O) groups excluding carboxylic acids is 1. The Morgan fingerprint density at radius 3 is 2.54 bits per heavy atom. The lowest BCUT2D eigenvalue weighted by Gasteiger charge is -2.00. The van der Waals surface area contributed by atoms with Gasteiger partial charge in [0.25, 0.3) is 0 Å². The lowest BCUT2D eigenvalue weighted by Crippen LogP contribution is -2.28. The number of hydrogen-bond acceptors (Lipinski definition) is 2. The van der Waals surface area contributed by atoms with Crippen molar-refractivity contribution in [2.45, 2.75) is 6.54 Å². The molecule has 0 spiro atoms. The van der Waals surface area contributed by atoms with Gasteiger partial charge in [-0.1, -0.05) is 12.1 Å². The van der Waals surface area contributed by atoms with Gasteiger partial charge in [-0.15, -0.1) is 0 Å². The Bertz CT molecular complexity index is 337. The predicted octanol–water partition coefficient (Wildman–Crippen LogP) is 0.727. The smallest absolute Gasteiger partial charge is 0.312 e. The molecule has 4 nitrogen and oxygen atoms in total. The minimum absolute atomic E-state index is 0.390. The van der Waals surface area contributed by atoms with Crippen LogP contribution in [-0.2, 0) is 6.54 Å². The lowest BCUT2D eigenvalue weighted by atomic mass is 10.1. The third-order valence-electron chi connectivity index (χ3n) is 1.55. The van der Waals surface area contributed by atoms with E-state index >= 15 is 0 Å². The molecule has 3 N–H and O–H groups in total. The zero-order chi connectivity index (χ0) is 9.68. The molecule has 13 heavy (non-hydrogen) atoms. The van der Waals surface area contributed by atoms with Crippen molar-refractivity contribution in [2.75, 3.05) is 0 Å². The molecule has 0 aromatic heterocycles. The normalized spacial score (nSPS) is 8.85. The van der Waals surface area contributed by atoms with Gasteiger partial charge >= 0.3 is 6.03 Å². The summed E-state index contributed by atoms with van der Waals surface area (Å²) in [5.74, 6) is 0. The second-order valence-corrected chi connectivity index (χ2v) is 2.53. The van der Waals surface area contributed by atoms with Crippen LogP contribution in [0.25, 0.3) is 0 Å². The van der Waals surface area contributed by atoms with Crippen LogP contribution >= 0.6 is 0 Å². The molecule has 0 saturated heterocycles. The third kappa shape index (κ3) is 2.83. The Balaban J connectivity index is 2.60. The van der Waals surface area contributed by atoms with E-state index in [1.165, 1.54) is 0 Å². The molecule has 0 fully saturated rings. The van der Waals surface area contributed by atoms with Gasteiger partial charge in [-0.2, -0.15) is 5.26 Å². The van der Waals surface area contributed by atoms with Crippen LogP contribution in [0.3, 0.4) is 0 Å². The quantitative estimate of drug-likeness (QED) is 0.694. The van der Waals surface area contributed by atoms with Crippen molar-refractivity contribution in [3.63, 3.8) is 0 Å². The third-order valence-corrected chi connectivity index (χ3v) is 1.55. The van der Waals surface area contributed by atoms with Crippen LogP contribution in [0.5, 0.6) is 0 Å². The number of nitrogens with zero attached hydrogens (tertiary/aromatic N) is 1. The number of rotatable bonds is 2. The van der Waals surface area contributed by atoms with Gasteiger partial charge < -0.3 is 11.1 Å². The van der Waals surface area contributed by atoms with E-state index in [2.05, 4.69) is 5.32 Å². The molecule has 0 bridgehead atoms. The van der Waals surface area contributed by atoms with Crippen molar-refractivity contribution in [1.82, 2.24) is 5.32 Å². The van der Waals surface area contributed by atoms with Crippen molar-refractivity contribution in [3.05, 3.63) is 35.4 Å². The Morgan fingerprint density at radius 1 is 1.46 bits per heavy atom. The highest BCUT2D eigenvalue weighted by Gasteiger charge is 1.94. The molecule has 0 heterocycles. The SMILES string of the molecule is N#Cc1ccc(CNC(N)=O)cc1. The number of benzene rings is 1. The van der Waals surface area contributed by atoms with Gasteiger partial charge in [0.15, 0.2) is 0 Å². The number of nitrogens with two attached hydrogens (primary N) is 1. The van der Waals surface area contributed by atoms with Crippen molar-refractivity contribution in [2.24, 2.45) is 5.73 Å². The van der Waals surface area contributed by atoms with Gasteiger partial charge in [-0.05, 0) is 17.7 Å². The molecule has 0 unspecified atom stereocenters. The van der Waals surface area contributed by atoms with Gasteiger partial charge in [0.1, 0.15) is 0 Å². The number of hydrogen-bond donors (Lipinski definition) is 2. The van der Waals surface area contributed by atoms with E-state index in [9.17, 15) is 4.79 Å². The first kappa shape index (κ1) is 9.07. The van der Waals surface area contributed by atoms with E-state index in [1.807, 2.05) is 6.07 Å². The zero-order valence-corrected chi connectivity index (χ0v) is 6.95. The van der Waals surface area contributed by atoms with Crippen molar-refractivity contribution < 1.29 is 4.79 Å². The molecular formula is C9H9N3O. The molecular weight excluding hydrogens is 166 g/mol. The van der Waals surface area contributed by atoms with Crippen LogP contribution in [0.1, 0.15) is 11.1 Å². The Hall–Kier alpha value is -2.02. The van der Waals surface area contributed by atoms with Crippen LogP contribution in [0.4, 0.5) is 4.79 Å². The Kier molecular flexibility index (Phi) is 2.87. The van der Waals surface area contributed by atoms with Crippen LogP contribution in [0.15, 0.2) is 24.3 Å². The van der Waals surface area contributed by atoms with Gasteiger partial charge in [-0.25, -0.2) is 4.79 Å². The predicted molar refractivity (Wildman–Crippen MR) is 47.6 cm³/mol. The highest BCUT2D eigenvalue weighted by Crippen LogP contribution is 2.02. The van der Waals surface area contributed by atoms with E-state index in [-0.39, 0.29) is 0 Å². The fraction of sp³-hybridized carbons (Fsp3) is 0.111. The van der Waals surface area contributed by atoms with E-state index in [1.54, 1.807) is 24.3 Å². The van der Waals surface area contributed by atoms with E-state index in [4.69, 9.17) is 11.0 Å². The first-order valence-electron chi connectivity index (χ1n) is 3.74. The molecule has 0 aliphatic rings. The van der Waals surface area contributed by atoms with E-state index in [0.717, 1.165) is 5.56 Å². The molecule has 0 radical (unpaired) electrons. The van der Waals surface area contributed by atoms with E-state index in [0.29, 0.717) is 12.1 Å². The Morgan fingerprint density at radius 2 is 2.08 bits per heavy atom. The number of amides is 2. The number of nitriles is 1. The number of urea groups is 1. The summed E-state index contributed by atoms with van der Waals surface area (Å²) in [6.07, 6.45) is 0. The largest absolute Gasteiger partial charge is 0.352 e. The number of nitrogens with one attached hydrogen (secondary N) is 1. The number of primary amides is 1. The fourth-order valence-corrected chi connectivity index (χ4v) is 0.886. The van der Waals surface area contributed by atoms with Crippen molar-refractivity contribution in [1.29, 1.82) is 5.26 Å². The molecule has 66 valence electrons. The average molecular weight is 175 g/mol. The van der Waals surface area contributed by atoms with Gasteiger partial charge in [-0.3, -0.25) is 0 Å². The van der Waals surface area contributed by atoms with Crippen LogP contribution in [0.2, 0.25) is 0 Å². The summed E-state index contributed by atoms with van der Waals surface area (Å²) in [5, 5.41) is 11.0. The topological polar surface area (TPSA) is 78.9 Å². The highest BCUT2D eigenvalue weighted by atomic mass is 16.2. The molecule has 1 aromatic rings. The fourth-order valence-electron chi connectivity index (χ4n) is 0.886. The van der Waals surface area contributed by atoms with Crippen LogP contribution in [-0.4, -0.2) is 6.03 Å². The minimum atomic E-state index is -0.552. The first-order valence-corrected chi connectivity index (χ1v) is 3.74. The number of carbonyl (C=O) groups is 1. The molecule has 0 saturated carbocycles. The summed E-state index contributed by atoms with van der Waals surface area (Å²) in [6.45, 7) is 0.390. The first-order chi connectivity index (χ1) is 6.22. The summed E-state index contributed by atoms with van der Waals surface area (Å²) in [6, 6.07) is 8.39. The maximum Gasteiger partial charge on any atom is 0.312 e. The molecule has 1 rings (SSSR count). The average Bonchev–Trinajstić information content (AvgIpc) is 2.15. The second kappa shape index (κ2) is 4.12. The molecule has 0 aliphatic heterocycles. The summed E-state index contributed by atoms with van der Waals surface area (Å²) in [7, 11) is 0.